The van der Waals surface area contributed by atoms with E-state index in [9.17, 15) is 4.79 Å². The van der Waals surface area contributed by atoms with Gasteiger partial charge in [-0.3, -0.25) is 9.79 Å². The molecule has 0 aromatic heterocycles. The van der Waals surface area contributed by atoms with E-state index in [1.54, 1.807) is 0 Å². The largest absolute Gasteiger partial charge is 0.374 e. The Balaban J connectivity index is 2.11. The van der Waals surface area contributed by atoms with Gasteiger partial charge in [0.1, 0.15) is 0 Å². The first-order valence-corrected chi connectivity index (χ1v) is 6.01. The Labute approximate surface area is 102 Å². The van der Waals surface area contributed by atoms with Crippen molar-refractivity contribution in [1.29, 1.82) is 0 Å². The van der Waals surface area contributed by atoms with E-state index in [1.165, 1.54) is 11.1 Å². The Morgan fingerprint density at radius 1 is 1.47 bits per heavy atom. The molecule has 0 fully saturated rings. The number of carbonyl (C=O) groups excluding carboxylic acids is 1. The molecule has 0 saturated carbocycles. The van der Waals surface area contributed by atoms with E-state index in [0.717, 1.165) is 5.71 Å². The lowest BCUT2D eigenvalue weighted by Crippen LogP contribution is -2.47. The van der Waals surface area contributed by atoms with Crippen molar-refractivity contribution in [3.05, 3.63) is 11.1 Å². The summed E-state index contributed by atoms with van der Waals surface area (Å²) in [7, 11) is 0. The fourth-order valence-corrected chi connectivity index (χ4v) is 2.03. The van der Waals surface area contributed by atoms with E-state index >= 15 is 0 Å². The van der Waals surface area contributed by atoms with Crippen LogP contribution >= 0.6 is 0 Å². The highest BCUT2D eigenvalue weighted by Crippen LogP contribution is 2.24. The molecule has 2 rings (SSSR count). The highest BCUT2D eigenvalue weighted by atomic mass is 16.5. The van der Waals surface area contributed by atoms with Crippen LogP contribution in [-0.2, 0) is 9.53 Å². The molecule has 17 heavy (non-hydrogen) atoms. The summed E-state index contributed by atoms with van der Waals surface area (Å²) < 4.78 is 5.53. The Morgan fingerprint density at radius 2 is 2.18 bits per heavy atom. The summed E-state index contributed by atoms with van der Waals surface area (Å²) >= 11 is 0. The van der Waals surface area contributed by atoms with E-state index in [0.29, 0.717) is 19.8 Å². The summed E-state index contributed by atoms with van der Waals surface area (Å²) in [5.74, 6) is 0.0596. The average Bonchev–Trinajstić information content (AvgIpc) is 2.60. The predicted octanol–water partition coefficient (Wildman–Crippen LogP) is 1.32. The van der Waals surface area contributed by atoms with Gasteiger partial charge in [-0.2, -0.15) is 0 Å². The number of hydrogen-bond acceptors (Lipinski definition) is 3. The first-order chi connectivity index (χ1) is 7.89. The topological polar surface area (TPSA) is 50.7 Å². The number of ether oxygens (including phenoxy) is 1. The van der Waals surface area contributed by atoms with Gasteiger partial charge in [0, 0.05) is 16.7 Å². The zero-order valence-corrected chi connectivity index (χ0v) is 11.0. The summed E-state index contributed by atoms with van der Waals surface area (Å²) in [6.07, 6.45) is 0. The van der Waals surface area contributed by atoms with Crippen LogP contribution in [0.1, 0.15) is 27.7 Å². The molecule has 0 radical (unpaired) electrons. The molecule has 4 nitrogen and oxygen atoms in total. The Morgan fingerprint density at radius 3 is 2.82 bits per heavy atom. The Kier molecular flexibility index (Phi) is 3.08. The Bertz CT molecular complexity index is 402. The van der Waals surface area contributed by atoms with Crippen molar-refractivity contribution in [2.45, 2.75) is 33.7 Å². The maximum Gasteiger partial charge on any atom is 0.225 e. The maximum absolute atomic E-state index is 12.0. The van der Waals surface area contributed by atoms with Crippen molar-refractivity contribution in [2.75, 3.05) is 19.8 Å². The number of rotatable bonds is 1. The molecule has 2 aliphatic rings. The molecule has 0 bridgehead atoms. The molecule has 1 unspecified atom stereocenters. The van der Waals surface area contributed by atoms with Crippen LogP contribution in [0.15, 0.2) is 16.1 Å². The second-order valence-corrected chi connectivity index (χ2v) is 5.70. The first kappa shape index (κ1) is 12.3. The highest BCUT2D eigenvalue weighted by Gasteiger charge is 2.31. The van der Waals surface area contributed by atoms with Crippen LogP contribution in [0.3, 0.4) is 0 Å². The zero-order chi connectivity index (χ0) is 12.6. The molecule has 0 aromatic rings. The summed E-state index contributed by atoms with van der Waals surface area (Å²) in [6.45, 7) is 9.64. The Hall–Kier alpha value is -1.16. The van der Waals surface area contributed by atoms with Crippen LogP contribution in [0, 0.1) is 5.41 Å². The van der Waals surface area contributed by atoms with Gasteiger partial charge < -0.3 is 10.1 Å². The van der Waals surface area contributed by atoms with E-state index < -0.39 is 0 Å². The SMILES string of the molecule is CC1=NCC2=C1COCC2NC(=O)C(C)(C)C. The van der Waals surface area contributed by atoms with E-state index in [2.05, 4.69) is 10.3 Å². The molecule has 0 saturated heterocycles. The van der Waals surface area contributed by atoms with Crippen molar-refractivity contribution >= 4 is 11.6 Å². The fraction of sp³-hybridized carbons (Fsp3) is 0.692. The van der Waals surface area contributed by atoms with E-state index in [-0.39, 0.29) is 17.4 Å². The zero-order valence-electron chi connectivity index (χ0n) is 11.0. The smallest absolute Gasteiger partial charge is 0.225 e. The van der Waals surface area contributed by atoms with Crippen LogP contribution < -0.4 is 5.32 Å². The van der Waals surface area contributed by atoms with Crippen LogP contribution in [0.25, 0.3) is 0 Å². The lowest BCUT2D eigenvalue weighted by atomic mass is 9.93. The molecule has 1 amide bonds. The van der Waals surface area contributed by atoms with Gasteiger partial charge >= 0.3 is 0 Å². The van der Waals surface area contributed by atoms with Crippen molar-refractivity contribution in [1.82, 2.24) is 5.32 Å². The molecule has 2 heterocycles. The highest BCUT2D eigenvalue weighted by molar-refractivity contribution is 6.01. The fourth-order valence-electron chi connectivity index (χ4n) is 2.03. The van der Waals surface area contributed by atoms with Gasteiger partial charge in [0.25, 0.3) is 0 Å². The summed E-state index contributed by atoms with van der Waals surface area (Å²) in [5.41, 5.74) is 3.09. The minimum atomic E-state index is -0.368. The lowest BCUT2D eigenvalue weighted by Gasteiger charge is -2.29. The number of aliphatic imine (C=N–C) groups is 1. The van der Waals surface area contributed by atoms with Gasteiger partial charge in [0.05, 0.1) is 25.8 Å². The van der Waals surface area contributed by atoms with E-state index in [4.69, 9.17) is 4.74 Å². The van der Waals surface area contributed by atoms with Gasteiger partial charge in [-0.15, -0.1) is 0 Å². The number of hydrogen-bond donors (Lipinski definition) is 1. The third-order valence-electron chi connectivity index (χ3n) is 3.25. The molecule has 1 atom stereocenters. The second kappa shape index (κ2) is 4.26. The number of amides is 1. The number of carbonyl (C=O) groups is 1. The molecular weight excluding hydrogens is 216 g/mol. The normalized spacial score (nSPS) is 24.5. The summed E-state index contributed by atoms with van der Waals surface area (Å²) in [5, 5.41) is 3.06. The first-order valence-electron chi connectivity index (χ1n) is 6.01. The third-order valence-corrected chi connectivity index (χ3v) is 3.25. The molecule has 1 N–H and O–H groups in total. The summed E-state index contributed by atoms with van der Waals surface area (Å²) in [4.78, 5) is 16.4. The molecule has 2 aliphatic heterocycles. The van der Waals surface area contributed by atoms with Gasteiger partial charge in [-0.1, -0.05) is 20.8 Å². The standard InChI is InChI=1S/C13H20N2O2/c1-8-10-6-17-7-11(9(10)5-14-8)15-12(16)13(2,3)4/h11H,5-7H2,1-4H3,(H,15,16). The van der Waals surface area contributed by atoms with Crippen molar-refractivity contribution in [2.24, 2.45) is 10.4 Å². The minimum Gasteiger partial charge on any atom is -0.374 e. The predicted molar refractivity (Wildman–Crippen MR) is 67.2 cm³/mol. The molecule has 0 spiro atoms. The van der Waals surface area contributed by atoms with Crippen LogP contribution in [0.5, 0.6) is 0 Å². The average molecular weight is 236 g/mol. The van der Waals surface area contributed by atoms with Crippen molar-refractivity contribution in [3.63, 3.8) is 0 Å². The molecule has 0 aromatic carbocycles. The molecule has 4 heteroatoms. The monoisotopic (exact) mass is 236 g/mol. The molecule has 0 aliphatic carbocycles. The van der Waals surface area contributed by atoms with Crippen molar-refractivity contribution in [3.8, 4) is 0 Å². The maximum atomic E-state index is 12.0. The number of nitrogens with zero attached hydrogens (tertiary/aromatic N) is 1. The van der Waals surface area contributed by atoms with Gasteiger partial charge in [0.2, 0.25) is 5.91 Å². The van der Waals surface area contributed by atoms with Crippen LogP contribution in [-0.4, -0.2) is 37.4 Å². The third kappa shape index (κ3) is 2.41. The van der Waals surface area contributed by atoms with Gasteiger partial charge in [0.15, 0.2) is 0 Å². The van der Waals surface area contributed by atoms with Gasteiger partial charge in [-0.05, 0) is 12.5 Å². The molecule has 94 valence electrons. The van der Waals surface area contributed by atoms with E-state index in [1.807, 2.05) is 27.7 Å². The van der Waals surface area contributed by atoms with Gasteiger partial charge in [-0.25, -0.2) is 0 Å². The second-order valence-electron chi connectivity index (χ2n) is 5.70. The quantitative estimate of drug-likeness (QED) is 0.746. The van der Waals surface area contributed by atoms with Crippen LogP contribution in [0.4, 0.5) is 0 Å². The van der Waals surface area contributed by atoms with Crippen molar-refractivity contribution < 1.29 is 9.53 Å². The van der Waals surface area contributed by atoms with Crippen LogP contribution in [0.2, 0.25) is 0 Å². The number of nitrogens with one attached hydrogen (secondary N) is 1. The minimum absolute atomic E-state index is 0.00771. The molecular formula is C13H20N2O2. The lowest BCUT2D eigenvalue weighted by molar-refractivity contribution is -0.129. The summed E-state index contributed by atoms with van der Waals surface area (Å²) in [6, 6.07) is -0.00771.